The molecule has 0 radical (unpaired) electrons. The van der Waals surface area contributed by atoms with Gasteiger partial charge in [0.15, 0.2) is 0 Å². The van der Waals surface area contributed by atoms with E-state index in [1.165, 1.54) is 48.7 Å². The molecule has 0 aliphatic rings. The Kier molecular flexibility index (Phi) is 6.01. The molecule has 1 atom stereocenters. The molecule has 0 fully saturated rings. The second-order valence-electron chi connectivity index (χ2n) is 6.48. The summed E-state index contributed by atoms with van der Waals surface area (Å²) in [6.07, 6.45) is 7.39. The highest BCUT2D eigenvalue weighted by atomic mass is 15.1. The molecular formula is C19H31N3. The lowest BCUT2D eigenvalue weighted by Crippen LogP contribution is -2.16. The largest absolute Gasteiger partial charge is 0.327 e. The average Bonchev–Trinajstić information content (AvgIpc) is 2.84. The standard InChI is InChI=1S/C19H31N3/c1-5-7-8-9-10-11-22-18-13-15(4)14(3)12-17(18)21-19(22)16(20)6-2/h12-13,16H,5-11,20H2,1-4H3. The van der Waals surface area contributed by atoms with Gasteiger partial charge in [0.1, 0.15) is 5.82 Å². The Morgan fingerprint density at radius 2 is 1.73 bits per heavy atom. The summed E-state index contributed by atoms with van der Waals surface area (Å²) >= 11 is 0. The van der Waals surface area contributed by atoms with Gasteiger partial charge in [0.05, 0.1) is 17.1 Å². The second-order valence-corrected chi connectivity index (χ2v) is 6.48. The van der Waals surface area contributed by atoms with Crippen LogP contribution in [-0.2, 0) is 6.54 Å². The van der Waals surface area contributed by atoms with Gasteiger partial charge in [0.25, 0.3) is 0 Å². The molecule has 0 saturated heterocycles. The van der Waals surface area contributed by atoms with Crippen molar-refractivity contribution in [2.75, 3.05) is 0 Å². The van der Waals surface area contributed by atoms with Crippen LogP contribution in [0.15, 0.2) is 12.1 Å². The van der Waals surface area contributed by atoms with Crippen molar-refractivity contribution in [2.45, 2.75) is 78.8 Å². The van der Waals surface area contributed by atoms with Crippen LogP contribution >= 0.6 is 0 Å². The summed E-state index contributed by atoms with van der Waals surface area (Å²) in [6, 6.07) is 4.50. The van der Waals surface area contributed by atoms with E-state index in [0.717, 1.165) is 24.3 Å². The fourth-order valence-corrected chi connectivity index (χ4v) is 2.97. The third-order valence-corrected chi connectivity index (χ3v) is 4.65. The summed E-state index contributed by atoms with van der Waals surface area (Å²) in [5, 5.41) is 0. The Labute approximate surface area is 134 Å². The van der Waals surface area contributed by atoms with Gasteiger partial charge in [0.2, 0.25) is 0 Å². The molecule has 3 heteroatoms. The van der Waals surface area contributed by atoms with E-state index >= 15 is 0 Å². The topological polar surface area (TPSA) is 43.8 Å². The SMILES string of the molecule is CCCCCCCn1c(C(N)CC)nc2cc(C)c(C)cc21. The van der Waals surface area contributed by atoms with Gasteiger partial charge in [-0.25, -0.2) is 4.98 Å². The van der Waals surface area contributed by atoms with Crippen LogP contribution in [0.4, 0.5) is 0 Å². The highest BCUT2D eigenvalue weighted by Gasteiger charge is 2.16. The predicted molar refractivity (Wildman–Crippen MR) is 95.2 cm³/mol. The van der Waals surface area contributed by atoms with Gasteiger partial charge < -0.3 is 10.3 Å². The number of unbranched alkanes of at least 4 members (excludes halogenated alkanes) is 4. The number of benzene rings is 1. The Morgan fingerprint density at radius 3 is 2.41 bits per heavy atom. The van der Waals surface area contributed by atoms with Crippen molar-refractivity contribution in [2.24, 2.45) is 5.73 Å². The highest BCUT2D eigenvalue weighted by Crippen LogP contribution is 2.25. The number of hydrogen-bond acceptors (Lipinski definition) is 2. The van der Waals surface area contributed by atoms with Gasteiger partial charge in [0, 0.05) is 6.54 Å². The molecule has 1 unspecified atom stereocenters. The van der Waals surface area contributed by atoms with Gasteiger partial charge in [-0.15, -0.1) is 0 Å². The van der Waals surface area contributed by atoms with Crippen LogP contribution in [0.25, 0.3) is 11.0 Å². The van der Waals surface area contributed by atoms with Crippen molar-refractivity contribution < 1.29 is 0 Å². The van der Waals surface area contributed by atoms with E-state index in [1.54, 1.807) is 0 Å². The fourth-order valence-electron chi connectivity index (χ4n) is 2.97. The van der Waals surface area contributed by atoms with Crippen molar-refractivity contribution in [3.63, 3.8) is 0 Å². The van der Waals surface area contributed by atoms with Gasteiger partial charge >= 0.3 is 0 Å². The van der Waals surface area contributed by atoms with E-state index in [2.05, 4.69) is 44.4 Å². The van der Waals surface area contributed by atoms with Crippen molar-refractivity contribution in [1.29, 1.82) is 0 Å². The van der Waals surface area contributed by atoms with Crippen molar-refractivity contribution in [3.05, 3.63) is 29.1 Å². The molecule has 122 valence electrons. The van der Waals surface area contributed by atoms with Crippen LogP contribution in [0.2, 0.25) is 0 Å². The minimum absolute atomic E-state index is 0.0312. The smallest absolute Gasteiger partial charge is 0.126 e. The molecule has 0 aliphatic carbocycles. The molecule has 0 amide bonds. The maximum absolute atomic E-state index is 6.30. The number of nitrogens with two attached hydrogens (primary N) is 1. The molecule has 0 bridgehead atoms. The first-order valence-electron chi connectivity index (χ1n) is 8.81. The summed E-state index contributed by atoms with van der Waals surface area (Å²) in [4.78, 5) is 4.84. The summed E-state index contributed by atoms with van der Waals surface area (Å²) < 4.78 is 2.36. The molecule has 2 N–H and O–H groups in total. The molecule has 2 rings (SSSR count). The Bertz CT molecular complexity index is 613. The van der Waals surface area contributed by atoms with E-state index in [4.69, 9.17) is 10.7 Å². The minimum Gasteiger partial charge on any atom is -0.327 e. The Morgan fingerprint density at radius 1 is 1.05 bits per heavy atom. The molecule has 0 aliphatic heterocycles. The van der Waals surface area contributed by atoms with E-state index < -0.39 is 0 Å². The van der Waals surface area contributed by atoms with Gasteiger partial charge in [-0.05, 0) is 49.9 Å². The fraction of sp³-hybridized carbons (Fsp3) is 0.632. The zero-order chi connectivity index (χ0) is 16.1. The number of fused-ring (bicyclic) bond motifs is 1. The molecule has 1 aromatic heterocycles. The molecule has 22 heavy (non-hydrogen) atoms. The first-order chi connectivity index (χ1) is 10.6. The number of rotatable bonds is 8. The number of aryl methyl sites for hydroxylation is 3. The average molecular weight is 301 g/mol. The van der Waals surface area contributed by atoms with Crippen molar-refractivity contribution in [3.8, 4) is 0 Å². The van der Waals surface area contributed by atoms with E-state index in [0.29, 0.717) is 0 Å². The molecule has 1 heterocycles. The van der Waals surface area contributed by atoms with Gasteiger partial charge in [-0.3, -0.25) is 0 Å². The number of nitrogens with zero attached hydrogens (tertiary/aromatic N) is 2. The van der Waals surface area contributed by atoms with Crippen LogP contribution < -0.4 is 5.73 Å². The first kappa shape index (κ1) is 17.0. The summed E-state index contributed by atoms with van der Waals surface area (Å²) in [6.45, 7) is 9.75. The van der Waals surface area contributed by atoms with Crippen LogP contribution in [0.3, 0.4) is 0 Å². The zero-order valence-electron chi connectivity index (χ0n) is 14.7. The monoisotopic (exact) mass is 301 g/mol. The Hall–Kier alpha value is -1.35. The molecule has 3 nitrogen and oxygen atoms in total. The van der Waals surface area contributed by atoms with Crippen LogP contribution in [-0.4, -0.2) is 9.55 Å². The predicted octanol–water partition coefficient (Wildman–Crippen LogP) is 5.03. The van der Waals surface area contributed by atoms with Gasteiger partial charge in [-0.2, -0.15) is 0 Å². The van der Waals surface area contributed by atoms with Crippen LogP contribution in [0, 0.1) is 13.8 Å². The maximum atomic E-state index is 6.30. The lowest BCUT2D eigenvalue weighted by atomic mass is 10.1. The van der Waals surface area contributed by atoms with Crippen LogP contribution in [0.5, 0.6) is 0 Å². The van der Waals surface area contributed by atoms with E-state index in [1.807, 2.05) is 0 Å². The molecule has 2 aromatic rings. The Balaban J connectivity index is 2.29. The summed E-state index contributed by atoms with van der Waals surface area (Å²) in [7, 11) is 0. The molecule has 0 saturated carbocycles. The summed E-state index contributed by atoms with van der Waals surface area (Å²) in [5.41, 5.74) is 11.3. The molecule has 0 spiro atoms. The minimum atomic E-state index is 0.0312. The lowest BCUT2D eigenvalue weighted by molar-refractivity contribution is 0.534. The number of imidazole rings is 1. The molecular weight excluding hydrogens is 270 g/mol. The lowest BCUT2D eigenvalue weighted by Gasteiger charge is -2.13. The third-order valence-electron chi connectivity index (χ3n) is 4.65. The quantitative estimate of drug-likeness (QED) is 0.695. The second kappa shape index (κ2) is 7.77. The number of hydrogen-bond donors (Lipinski definition) is 1. The van der Waals surface area contributed by atoms with Gasteiger partial charge in [-0.1, -0.05) is 39.5 Å². The molecule has 1 aromatic carbocycles. The van der Waals surface area contributed by atoms with E-state index in [9.17, 15) is 0 Å². The zero-order valence-corrected chi connectivity index (χ0v) is 14.7. The maximum Gasteiger partial charge on any atom is 0.126 e. The first-order valence-corrected chi connectivity index (χ1v) is 8.81. The van der Waals surface area contributed by atoms with Crippen molar-refractivity contribution >= 4 is 11.0 Å². The van der Waals surface area contributed by atoms with Crippen LogP contribution in [0.1, 0.15) is 75.4 Å². The number of aromatic nitrogens is 2. The third kappa shape index (κ3) is 3.70. The highest BCUT2D eigenvalue weighted by molar-refractivity contribution is 5.78. The summed E-state index contributed by atoms with van der Waals surface area (Å²) in [5.74, 6) is 1.05. The van der Waals surface area contributed by atoms with E-state index in [-0.39, 0.29) is 6.04 Å². The van der Waals surface area contributed by atoms with Crippen molar-refractivity contribution in [1.82, 2.24) is 9.55 Å². The normalized spacial score (nSPS) is 13.0.